The van der Waals surface area contributed by atoms with Crippen molar-refractivity contribution in [1.29, 1.82) is 0 Å². The molecule has 1 aliphatic rings. The largest absolute Gasteiger partial charge is 0.379 e. The molecule has 0 saturated carbocycles. The van der Waals surface area contributed by atoms with E-state index < -0.39 is 23.0 Å². The third-order valence-corrected chi connectivity index (χ3v) is 6.96. The summed E-state index contributed by atoms with van der Waals surface area (Å²) in [6.07, 6.45) is -2.64. The summed E-state index contributed by atoms with van der Waals surface area (Å²) in [6, 6.07) is 8.62. The Hall–Kier alpha value is -2.63. The monoisotopic (exact) mass is 454 g/mol. The summed E-state index contributed by atoms with van der Waals surface area (Å²) in [7, 11) is -3.78. The summed E-state index contributed by atoms with van der Waals surface area (Å²) in [5.74, 6) is -0.168. The minimum absolute atomic E-state index is 0.0387. The molecular formula is C20H21F3N4O3S. The standard InChI is InChI=1S/C20H21F3N4O3S/c1-13-10-14(2-4-17(13)21)24-20-16-11-15(31(28,29)26-6-8-30-9-7-26)3-5-18(16)27(25-20)12-19(22)23/h2-5,10-11,19H,6-9,12H2,1H3,(H,24,25). The van der Waals surface area contributed by atoms with Crippen molar-refractivity contribution in [1.82, 2.24) is 14.1 Å². The van der Waals surface area contributed by atoms with Gasteiger partial charge in [-0.15, -0.1) is 0 Å². The normalized spacial score (nSPS) is 15.6. The van der Waals surface area contributed by atoms with E-state index in [0.717, 1.165) is 4.68 Å². The van der Waals surface area contributed by atoms with Crippen LogP contribution in [0.2, 0.25) is 0 Å². The zero-order chi connectivity index (χ0) is 22.2. The van der Waals surface area contributed by atoms with Crippen LogP contribution in [0.15, 0.2) is 41.3 Å². The number of ether oxygens (including phenoxy) is 1. The molecule has 0 radical (unpaired) electrons. The van der Waals surface area contributed by atoms with Crippen LogP contribution < -0.4 is 5.32 Å². The Balaban J connectivity index is 1.78. The predicted octanol–water partition coefficient (Wildman–Crippen LogP) is 3.51. The Morgan fingerprint density at radius 2 is 1.90 bits per heavy atom. The van der Waals surface area contributed by atoms with Crippen molar-refractivity contribution >= 4 is 32.4 Å². The Morgan fingerprint density at radius 3 is 2.58 bits per heavy atom. The lowest BCUT2D eigenvalue weighted by atomic mass is 10.2. The Morgan fingerprint density at radius 1 is 1.16 bits per heavy atom. The molecule has 2 aromatic carbocycles. The first-order chi connectivity index (χ1) is 14.8. The minimum Gasteiger partial charge on any atom is -0.379 e. The number of rotatable bonds is 6. The Kier molecular flexibility index (Phi) is 5.91. The van der Waals surface area contributed by atoms with Crippen molar-refractivity contribution < 1.29 is 26.3 Å². The van der Waals surface area contributed by atoms with E-state index >= 15 is 0 Å². The van der Waals surface area contributed by atoms with E-state index in [-0.39, 0.29) is 29.6 Å². The molecule has 0 atom stereocenters. The number of sulfonamides is 1. The van der Waals surface area contributed by atoms with Crippen molar-refractivity contribution in [3.8, 4) is 0 Å². The van der Waals surface area contributed by atoms with Crippen molar-refractivity contribution in [3.05, 3.63) is 47.8 Å². The molecule has 2 heterocycles. The molecule has 1 saturated heterocycles. The molecule has 0 aliphatic carbocycles. The van der Waals surface area contributed by atoms with Crippen LogP contribution in [-0.4, -0.2) is 55.2 Å². The molecule has 1 aliphatic heterocycles. The average molecular weight is 454 g/mol. The lowest BCUT2D eigenvalue weighted by Crippen LogP contribution is -2.40. The summed E-state index contributed by atoms with van der Waals surface area (Å²) in [4.78, 5) is 0.0387. The van der Waals surface area contributed by atoms with Crippen LogP contribution in [0, 0.1) is 12.7 Å². The highest BCUT2D eigenvalue weighted by Crippen LogP contribution is 2.30. The van der Waals surface area contributed by atoms with Crippen LogP contribution in [0.4, 0.5) is 24.7 Å². The van der Waals surface area contributed by atoms with Gasteiger partial charge >= 0.3 is 0 Å². The molecule has 166 valence electrons. The second kappa shape index (κ2) is 8.48. The van der Waals surface area contributed by atoms with Crippen LogP contribution in [0.1, 0.15) is 5.56 Å². The third-order valence-electron chi connectivity index (χ3n) is 5.06. The van der Waals surface area contributed by atoms with Crippen molar-refractivity contribution in [3.63, 3.8) is 0 Å². The van der Waals surface area contributed by atoms with Crippen LogP contribution in [0.5, 0.6) is 0 Å². The van der Waals surface area contributed by atoms with Gasteiger partial charge in [-0.1, -0.05) is 0 Å². The molecule has 1 fully saturated rings. The number of halogens is 3. The van der Waals surface area contributed by atoms with E-state index in [9.17, 15) is 21.6 Å². The van der Waals surface area contributed by atoms with Gasteiger partial charge in [-0.05, 0) is 48.9 Å². The van der Waals surface area contributed by atoms with Gasteiger partial charge in [0.05, 0.1) is 23.6 Å². The summed E-state index contributed by atoms with van der Waals surface area (Å²) in [5.41, 5.74) is 1.27. The van der Waals surface area contributed by atoms with E-state index in [1.165, 1.54) is 34.6 Å². The number of hydrogen-bond donors (Lipinski definition) is 1. The first-order valence-corrected chi connectivity index (χ1v) is 11.1. The molecule has 1 N–H and O–H groups in total. The molecular weight excluding hydrogens is 433 g/mol. The number of nitrogens with one attached hydrogen (secondary N) is 1. The van der Waals surface area contributed by atoms with Crippen LogP contribution >= 0.6 is 0 Å². The quantitative estimate of drug-likeness (QED) is 0.617. The molecule has 0 amide bonds. The van der Waals surface area contributed by atoms with Gasteiger partial charge in [-0.3, -0.25) is 4.68 Å². The highest BCUT2D eigenvalue weighted by molar-refractivity contribution is 7.89. The molecule has 7 nitrogen and oxygen atoms in total. The van der Waals surface area contributed by atoms with Gasteiger partial charge in [-0.2, -0.15) is 9.40 Å². The third kappa shape index (κ3) is 4.39. The summed E-state index contributed by atoms with van der Waals surface area (Å²) in [5, 5.41) is 7.58. The summed E-state index contributed by atoms with van der Waals surface area (Å²) >= 11 is 0. The average Bonchev–Trinajstić information content (AvgIpc) is 3.07. The van der Waals surface area contributed by atoms with Gasteiger partial charge in [0, 0.05) is 24.2 Å². The van der Waals surface area contributed by atoms with Gasteiger partial charge in [0.2, 0.25) is 10.0 Å². The number of nitrogens with zero attached hydrogens (tertiary/aromatic N) is 3. The summed E-state index contributed by atoms with van der Waals surface area (Å²) < 4.78 is 73.4. The molecule has 31 heavy (non-hydrogen) atoms. The van der Waals surface area contributed by atoms with E-state index in [1.54, 1.807) is 13.0 Å². The molecule has 0 unspecified atom stereocenters. The highest BCUT2D eigenvalue weighted by Gasteiger charge is 2.27. The second-order valence-corrected chi connectivity index (χ2v) is 9.14. The Labute approximate surface area is 177 Å². The smallest absolute Gasteiger partial charge is 0.257 e. The van der Waals surface area contributed by atoms with Gasteiger partial charge in [0.25, 0.3) is 6.43 Å². The maximum Gasteiger partial charge on any atom is 0.257 e. The molecule has 0 spiro atoms. The molecule has 11 heteroatoms. The zero-order valence-corrected chi connectivity index (χ0v) is 17.5. The first kappa shape index (κ1) is 21.6. The van der Waals surface area contributed by atoms with Crippen LogP contribution in [0.25, 0.3) is 10.9 Å². The molecule has 4 rings (SSSR count). The van der Waals surface area contributed by atoms with Gasteiger partial charge < -0.3 is 10.1 Å². The maximum absolute atomic E-state index is 13.6. The van der Waals surface area contributed by atoms with E-state index in [4.69, 9.17) is 4.74 Å². The number of anilines is 2. The van der Waals surface area contributed by atoms with Crippen LogP contribution in [-0.2, 0) is 21.3 Å². The SMILES string of the molecule is Cc1cc(Nc2nn(CC(F)F)c3ccc(S(=O)(=O)N4CCOCC4)cc23)ccc1F. The lowest BCUT2D eigenvalue weighted by molar-refractivity contribution is 0.0730. The number of alkyl halides is 2. The number of morpholine rings is 1. The number of aromatic nitrogens is 2. The minimum atomic E-state index is -3.78. The fourth-order valence-corrected chi connectivity index (χ4v) is 4.91. The second-order valence-electron chi connectivity index (χ2n) is 7.21. The van der Waals surface area contributed by atoms with Gasteiger partial charge in [-0.25, -0.2) is 21.6 Å². The van der Waals surface area contributed by atoms with E-state index in [0.29, 0.717) is 35.4 Å². The van der Waals surface area contributed by atoms with Gasteiger partial charge in [0.1, 0.15) is 12.4 Å². The number of benzene rings is 2. The zero-order valence-electron chi connectivity index (χ0n) is 16.7. The topological polar surface area (TPSA) is 76.5 Å². The van der Waals surface area contributed by atoms with Crippen molar-refractivity contribution in [2.24, 2.45) is 0 Å². The number of fused-ring (bicyclic) bond motifs is 1. The molecule has 1 aromatic heterocycles. The fraction of sp³-hybridized carbons (Fsp3) is 0.350. The predicted molar refractivity (Wildman–Crippen MR) is 110 cm³/mol. The van der Waals surface area contributed by atoms with E-state index in [2.05, 4.69) is 10.4 Å². The first-order valence-electron chi connectivity index (χ1n) is 9.65. The maximum atomic E-state index is 13.6. The van der Waals surface area contributed by atoms with Crippen molar-refractivity contribution in [2.75, 3.05) is 31.6 Å². The van der Waals surface area contributed by atoms with E-state index in [1.807, 2.05) is 0 Å². The number of hydrogen-bond acceptors (Lipinski definition) is 5. The highest BCUT2D eigenvalue weighted by atomic mass is 32.2. The lowest BCUT2D eigenvalue weighted by Gasteiger charge is -2.26. The molecule has 3 aromatic rings. The number of aryl methyl sites for hydroxylation is 1. The van der Waals surface area contributed by atoms with Crippen molar-refractivity contribution in [2.45, 2.75) is 24.8 Å². The fourth-order valence-electron chi connectivity index (χ4n) is 3.48. The van der Waals surface area contributed by atoms with Crippen LogP contribution in [0.3, 0.4) is 0 Å². The Bertz CT molecular complexity index is 1210. The van der Waals surface area contributed by atoms with Gasteiger partial charge in [0.15, 0.2) is 5.82 Å². The molecule has 0 bridgehead atoms. The summed E-state index contributed by atoms with van der Waals surface area (Å²) in [6.45, 7) is 2.06.